The molecule has 0 N–H and O–H groups in total. The predicted molar refractivity (Wildman–Crippen MR) is 86.6 cm³/mol. The summed E-state index contributed by atoms with van der Waals surface area (Å²) >= 11 is 0. The number of aryl methyl sites for hydroxylation is 4. The highest BCUT2D eigenvalue weighted by Gasteiger charge is 2.14. The number of rotatable bonds is 3. The molecule has 0 saturated heterocycles. The zero-order valence-electron chi connectivity index (χ0n) is 12.8. The molecule has 0 spiro atoms. The minimum Gasteiger partial charge on any atom is -0.455 e. The lowest BCUT2D eigenvalue weighted by Gasteiger charge is -2.03. The van der Waals surface area contributed by atoms with Crippen LogP contribution in [0.15, 0.2) is 28.7 Å². The van der Waals surface area contributed by atoms with Crippen LogP contribution >= 0.6 is 0 Å². The summed E-state index contributed by atoms with van der Waals surface area (Å²) in [6.07, 6.45) is 3.35. The molecule has 3 rings (SSSR count). The van der Waals surface area contributed by atoms with Gasteiger partial charge in [-0.2, -0.15) is 0 Å². The van der Waals surface area contributed by atoms with Gasteiger partial charge in [-0.25, -0.2) is 0 Å². The smallest absolute Gasteiger partial charge is 0.138 e. The van der Waals surface area contributed by atoms with Crippen molar-refractivity contribution in [2.75, 3.05) is 0 Å². The van der Waals surface area contributed by atoms with Gasteiger partial charge in [-0.1, -0.05) is 44.5 Å². The highest BCUT2D eigenvalue weighted by Crippen LogP contribution is 2.35. The maximum atomic E-state index is 6.24. The Balaban J connectivity index is 2.35. The number of fused-ring (bicyclic) bond motifs is 3. The van der Waals surface area contributed by atoms with Crippen molar-refractivity contribution in [1.29, 1.82) is 0 Å². The van der Waals surface area contributed by atoms with Crippen LogP contribution < -0.4 is 0 Å². The summed E-state index contributed by atoms with van der Waals surface area (Å²) in [5, 5.41) is 2.50. The fraction of sp³-hybridized carbons (Fsp3) is 0.368. The van der Waals surface area contributed by atoms with E-state index in [1.54, 1.807) is 0 Å². The first-order valence-electron chi connectivity index (χ1n) is 7.60. The molecule has 0 atom stereocenters. The standard InChI is InChI=1S/C19H22O/c1-5-7-15-9-11-17-16-10-8-14(6-2)12(3)18(16)20-19(17)13(15)4/h8-11H,5-7H2,1-4H3. The van der Waals surface area contributed by atoms with E-state index in [1.807, 2.05) is 0 Å². The van der Waals surface area contributed by atoms with Crippen molar-refractivity contribution in [3.63, 3.8) is 0 Å². The minimum absolute atomic E-state index is 1.05. The van der Waals surface area contributed by atoms with E-state index >= 15 is 0 Å². The molecule has 0 unspecified atom stereocenters. The van der Waals surface area contributed by atoms with Crippen LogP contribution in [-0.2, 0) is 12.8 Å². The summed E-state index contributed by atoms with van der Waals surface area (Å²) < 4.78 is 6.24. The molecule has 1 heteroatoms. The normalized spacial score (nSPS) is 11.6. The van der Waals surface area contributed by atoms with Gasteiger partial charge in [-0.3, -0.25) is 0 Å². The molecule has 1 heterocycles. The van der Waals surface area contributed by atoms with Crippen LogP contribution in [0.1, 0.15) is 42.5 Å². The lowest BCUT2D eigenvalue weighted by atomic mass is 9.99. The molecule has 0 fully saturated rings. The third-order valence-corrected chi connectivity index (χ3v) is 4.43. The van der Waals surface area contributed by atoms with E-state index in [-0.39, 0.29) is 0 Å². The summed E-state index contributed by atoms with van der Waals surface area (Å²) in [4.78, 5) is 0. The summed E-state index contributed by atoms with van der Waals surface area (Å²) in [5.41, 5.74) is 7.52. The van der Waals surface area contributed by atoms with E-state index in [0.29, 0.717) is 0 Å². The number of hydrogen-bond acceptors (Lipinski definition) is 1. The molecular weight excluding hydrogens is 244 g/mol. The molecule has 0 radical (unpaired) electrons. The van der Waals surface area contributed by atoms with Crippen LogP contribution in [0.2, 0.25) is 0 Å². The van der Waals surface area contributed by atoms with Crippen LogP contribution in [0.4, 0.5) is 0 Å². The van der Waals surface area contributed by atoms with Crippen molar-refractivity contribution in [3.8, 4) is 0 Å². The van der Waals surface area contributed by atoms with Gasteiger partial charge in [0.25, 0.3) is 0 Å². The molecule has 0 bridgehead atoms. The van der Waals surface area contributed by atoms with Crippen molar-refractivity contribution in [3.05, 3.63) is 46.5 Å². The Labute approximate surface area is 120 Å². The third kappa shape index (κ3) is 1.84. The van der Waals surface area contributed by atoms with Gasteiger partial charge in [0.2, 0.25) is 0 Å². The average molecular weight is 266 g/mol. The van der Waals surface area contributed by atoms with E-state index in [0.717, 1.165) is 24.0 Å². The molecule has 0 amide bonds. The highest BCUT2D eigenvalue weighted by molar-refractivity contribution is 6.07. The Hall–Kier alpha value is -1.76. The van der Waals surface area contributed by atoms with Crippen molar-refractivity contribution < 1.29 is 4.42 Å². The number of furan rings is 1. The van der Waals surface area contributed by atoms with Crippen LogP contribution in [-0.4, -0.2) is 0 Å². The molecule has 20 heavy (non-hydrogen) atoms. The maximum absolute atomic E-state index is 6.24. The van der Waals surface area contributed by atoms with Gasteiger partial charge in [0.15, 0.2) is 0 Å². The lowest BCUT2D eigenvalue weighted by Crippen LogP contribution is -1.88. The topological polar surface area (TPSA) is 13.1 Å². The molecule has 0 aliphatic heterocycles. The Bertz CT molecular complexity index is 777. The second-order valence-corrected chi connectivity index (χ2v) is 5.66. The monoisotopic (exact) mass is 266 g/mol. The minimum atomic E-state index is 1.05. The van der Waals surface area contributed by atoms with E-state index in [9.17, 15) is 0 Å². The quantitative estimate of drug-likeness (QED) is 0.591. The van der Waals surface area contributed by atoms with Crippen LogP contribution in [0.3, 0.4) is 0 Å². The first-order chi connectivity index (χ1) is 9.67. The van der Waals surface area contributed by atoms with E-state index in [4.69, 9.17) is 4.42 Å². The van der Waals surface area contributed by atoms with Crippen molar-refractivity contribution >= 4 is 21.9 Å². The second kappa shape index (κ2) is 4.97. The predicted octanol–water partition coefficient (Wildman–Crippen LogP) is 5.72. The van der Waals surface area contributed by atoms with Crippen LogP contribution in [0.5, 0.6) is 0 Å². The number of benzene rings is 2. The van der Waals surface area contributed by atoms with Crippen LogP contribution in [0, 0.1) is 13.8 Å². The summed E-state index contributed by atoms with van der Waals surface area (Å²) in [7, 11) is 0. The van der Waals surface area contributed by atoms with Gasteiger partial charge in [0.1, 0.15) is 11.2 Å². The Kier molecular flexibility index (Phi) is 3.29. The zero-order valence-corrected chi connectivity index (χ0v) is 12.8. The average Bonchev–Trinajstić information content (AvgIpc) is 2.83. The van der Waals surface area contributed by atoms with Gasteiger partial charge in [0.05, 0.1) is 0 Å². The van der Waals surface area contributed by atoms with Gasteiger partial charge < -0.3 is 4.42 Å². The molecule has 0 saturated carbocycles. The molecule has 104 valence electrons. The summed E-state index contributed by atoms with van der Waals surface area (Å²) in [6.45, 7) is 8.78. The highest BCUT2D eigenvalue weighted by atomic mass is 16.3. The van der Waals surface area contributed by atoms with Gasteiger partial charge in [0, 0.05) is 10.8 Å². The van der Waals surface area contributed by atoms with E-state index in [1.165, 1.54) is 39.4 Å². The van der Waals surface area contributed by atoms with Gasteiger partial charge in [-0.05, 0) is 48.9 Å². The molecular formula is C19H22O. The fourth-order valence-corrected chi connectivity index (χ4v) is 3.18. The fourth-order valence-electron chi connectivity index (χ4n) is 3.18. The Morgan fingerprint density at radius 3 is 1.90 bits per heavy atom. The maximum Gasteiger partial charge on any atom is 0.138 e. The first-order valence-corrected chi connectivity index (χ1v) is 7.60. The van der Waals surface area contributed by atoms with E-state index < -0.39 is 0 Å². The molecule has 3 aromatic rings. The van der Waals surface area contributed by atoms with E-state index in [2.05, 4.69) is 52.0 Å². The summed E-state index contributed by atoms with van der Waals surface area (Å²) in [6, 6.07) is 8.94. The van der Waals surface area contributed by atoms with Crippen LogP contribution in [0.25, 0.3) is 21.9 Å². The molecule has 2 aromatic carbocycles. The largest absolute Gasteiger partial charge is 0.455 e. The number of hydrogen-bond donors (Lipinski definition) is 0. The third-order valence-electron chi connectivity index (χ3n) is 4.43. The van der Waals surface area contributed by atoms with Crippen molar-refractivity contribution in [1.82, 2.24) is 0 Å². The van der Waals surface area contributed by atoms with Crippen molar-refractivity contribution in [2.24, 2.45) is 0 Å². The Morgan fingerprint density at radius 2 is 1.35 bits per heavy atom. The second-order valence-electron chi connectivity index (χ2n) is 5.66. The van der Waals surface area contributed by atoms with Gasteiger partial charge >= 0.3 is 0 Å². The molecule has 0 aliphatic carbocycles. The molecule has 1 nitrogen and oxygen atoms in total. The van der Waals surface area contributed by atoms with Gasteiger partial charge in [-0.15, -0.1) is 0 Å². The lowest BCUT2D eigenvalue weighted by molar-refractivity contribution is 0.660. The SMILES string of the molecule is CCCc1ccc2c(oc3c(C)c(CC)ccc32)c1C. The molecule has 0 aliphatic rings. The molecule has 1 aromatic heterocycles. The Morgan fingerprint density at radius 1 is 0.800 bits per heavy atom. The first kappa shape index (κ1) is 13.2. The zero-order chi connectivity index (χ0) is 14.3. The summed E-state index contributed by atoms with van der Waals surface area (Å²) in [5.74, 6) is 0. The van der Waals surface area contributed by atoms with Crippen molar-refractivity contribution in [2.45, 2.75) is 47.0 Å².